The molecule has 0 saturated carbocycles. The Kier molecular flexibility index (Phi) is 14.3. The van der Waals surface area contributed by atoms with Crippen LogP contribution in [0.3, 0.4) is 0 Å². The number of benzene rings is 3. The third-order valence-corrected chi connectivity index (χ3v) is 7.11. The Balaban J connectivity index is 1.39. The highest BCUT2D eigenvalue weighted by atomic mass is 16.5. The molecule has 3 aromatic carbocycles. The van der Waals surface area contributed by atoms with Gasteiger partial charge < -0.3 is 14.2 Å². The zero-order chi connectivity index (χ0) is 30.0. The van der Waals surface area contributed by atoms with E-state index in [0.29, 0.717) is 41.7 Å². The molecule has 6 heteroatoms. The molecule has 0 aliphatic carbocycles. The van der Waals surface area contributed by atoms with Gasteiger partial charge >= 0.3 is 11.9 Å². The summed E-state index contributed by atoms with van der Waals surface area (Å²) in [6.07, 6.45) is 12.8. The molecule has 1 atom stereocenters. The van der Waals surface area contributed by atoms with E-state index >= 15 is 0 Å². The molecule has 0 N–H and O–H groups in total. The second-order valence-electron chi connectivity index (χ2n) is 10.7. The standard InChI is InChI=1S/C36H45NO5/c1-4-6-7-8-9-10-11-12-25-40-33-23-17-31(18-24-33)36(39)42-34-21-13-29(14-22-34)26-37-32-19-15-30(16-20-32)35(38)41-27-28(3)5-2/h13-24,26,28H,4-12,25,27H2,1-3H3/t28-/m0/s1. The lowest BCUT2D eigenvalue weighted by Crippen LogP contribution is -2.11. The summed E-state index contributed by atoms with van der Waals surface area (Å²) in [6, 6.07) is 21.2. The van der Waals surface area contributed by atoms with Crippen molar-refractivity contribution >= 4 is 23.8 Å². The highest BCUT2D eigenvalue weighted by molar-refractivity contribution is 5.91. The van der Waals surface area contributed by atoms with Crippen molar-refractivity contribution in [3.8, 4) is 11.5 Å². The molecule has 0 bridgehead atoms. The number of rotatable bonds is 18. The smallest absolute Gasteiger partial charge is 0.343 e. The summed E-state index contributed by atoms with van der Waals surface area (Å²) in [5, 5.41) is 0. The van der Waals surface area contributed by atoms with Crippen LogP contribution in [0.2, 0.25) is 0 Å². The number of unbranched alkanes of at least 4 members (excludes halogenated alkanes) is 7. The van der Waals surface area contributed by atoms with Crippen LogP contribution < -0.4 is 9.47 Å². The van der Waals surface area contributed by atoms with Gasteiger partial charge in [0.05, 0.1) is 30.0 Å². The molecule has 6 nitrogen and oxygen atoms in total. The molecule has 3 aromatic rings. The zero-order valence-electron chi connectivity index (χ0n) is 25.3. The first-order valence-corrected chi connectivity index (χ1v) is 15.3. The van der Waals surface area contributed by atoms with Gasteiger partial charge in [-0.05, 0) is 90.7 Å². The van der Waals surface area contributed by atoms with Gasteiger partial charge in [0.1, 0.15) is 11.5 Å². The molecule has 3 rings (SSSR count). The van der Waals surface area contributed by atoms with Gasteiger partial charge in [-0.15, -0.1) is 0 Å². The van der Waals surface area contributed by atoms with Crippen LogP contribution in [0, 0.1) is 5.92 Å². The quantitative estimate of drug-likeness (QED) is 0.0658. The van der Waals surface area contributed by atoms with Gasteiger partial charge in [-0.1, -0.05) is 72.1 Å². The van der Waals surface area contributed by atoms with E-state index in [-0.39, 0.29) is 5.97 Å². The van der Waals surface area contributed by atoms with Crippen molar-refractivity contribution < 1.29 is 23.8 Å². The number of nitrogens with zero attached hydrogens (tertiary/aromatic N) is 1. The van der Waals surface area contributed by atoms with Crippen molar-refractivity contribution in [3.63, 3.8) is 0 Å². The van der Waals surface area contributed by atoms with E-state index in [1.807, 2.05) is 24.3 Å². The molecular weight excluding hydrogens is 526 g/mol. The minimum Gasteiger partial charge on any atom is -0.494 e. The molecule has 224 valence electrons. The van der Waals surface area contributed by atoms with Gasteiger partial charge in [0.2, 0.25) is 0 Å². The van der Waals surface area contributed by atoms with Gasteiger partial charge in [0.25, 0.3) is 0 Å². The molecule has 0 unspecified atom stereocenters. The SMILES string of the molecule is CCCCCCCCCCOc1ccc(C(=O)Oc2ccc(C=Nc3ccc(C(=O)OC[C@@H](C)CC)cc3)cc2)cc1. The van der Waals surface area contributed by atoms with E-state index in [4.69, 9.17) is 14.2 Å². The van der Waals surface area contributed by atoms with E-state index in [9.17, 15) is 9.59 Å². The summed E-state index contributed by atoms with van der Waals surface area (Å²) in [6.45, 7) is 7.47. The normalized spacial score (nSPS) is 11.8. The summed E-state index contributed by atoms with van der Waals surface area (Å²) in [5.74, 6) is 0.804. The van der Waals surface area contributed by atoms with Crippen LogP contribution in [0.15, 0.2) is 77.8 Å². The average molecular weight is 572 g/mol. The van der Waals surface area contributed by atoms with Crippen LogP contribution in [-0.2, 0) is 4.74 Å². The van der Waals surface area contributed by atoms with Gasteiger partial charge in [-0.25, -0.2) is 9.59 Å². The predicted octanol–water partition coefficient (Wildman–Crippen LogP) is 9.38. The van der Waals surface area contributed by atoms with E-state index in [2.05, 4.69) is 25.8 Å². The Morgan fingerprint density at radius 2 is 1.29 bits per heavy atom. The first-order chi connectivity index (χ1) is 20.5. The maximum absolute atomic E-state index is 12.6. The fourth-order valence-electron chi connectivity index (χ4n) is 4.15. The first-order valence-electron chi connectivity index (χ1n) is 15.3. The molecule has 0 fully saturated rings. The molecule has 0 radical (unpaired) electrons. The van der Waals surface area contributed by atoms with Gasteiger partial charge in [0, 0.05) is 6.21 Å². The van der Waals surface area contributed by atoms with E-state index < -0.39 is 5.97 Å². The predicted molar refractivity (Wildman–Crippen MR) is 169 cm³/mol. The maximum Gasteiger partial charge on any atom is 0.343 e. The molecule has 0 amide bonds. The molecule has 0 aliphatic rings. The Morgan fingerprint density at radius 1 is 0.714 bits per heavy atom. The minimum atomic E-state index is -0.422. The first kappa shape index (κ1) is 32.6. The highest BCUT2D eigenvalue weighted by Gasteiger charge is 2.10. The summed E-state index contributed by atoms with van der Waals surface area (Å²) < 4.78 is 16.7. The van der Waals surface area contributed by atoms with E-state index in [1.54, 1.807) is 54.7 Å². The largest absolute Gasteiger partial charge is 0.494 e. The monoisotopic (exact) mass is 571 g/mol. The molecule has 0 heterocycles. The lowest BCUT2D eigenvalue weighted by Gasteiger charge is -2.09. The number of esters is 2. The second kappa shape index (κ2) is 18.5. The van der Waals surface area contributed by atoms with Crippen LogP contribution in [0.25, 0.3) is 0 Å². The zero-order valence-corrected chi connectivity index (χ0v) is 25.3. The van der Waals surface area contributed by atoms with Gasteiger partial charge in [0.15, 0.2) is 0 Å². The van der Waals surface area contributed by atoms with Crippen LogP contribution in [0.1, 0.15) is 105 Å². The molecule has 42 heavy (non-hydrogen) atoms. The number of aliphatic imine (C=N–C) groups is 1. The Bertz CT molecular complexity index is 1230. The van der Waals surface area contributed by atoms with Crippen molar-refractivity contribution in [2.45, 2.75) is 78.6 Å². The molecule has 0 saturated heterocycles. The lowest BCUT2D eigenvalue weighted by atomic mass is 10.1. The molecule has 0 spiro atoms. The third kappa shape index (κ3) is 11.9. The second-order valence-corrected chi connectivity index (χ2v) is 10.7. The van der Waals surface area contributed by atoms with Crippen LogP contribution in [0.4, 0.5) is 5.69 Å². The van der Waals surface area contributed by atoms with Gasteiger partial charge in [-0.2, -0.15) is 0 Å². The van der Waals surface area contributed by atoms with Crippen molar-refractivity contribution in [1.82, 2.24) is 0 Å². The number of hydrogen-bond donors (Lipinski definition) is 0. The summed E-state index contributed by atoms with van der Waals surface area (Å²) in [5.41, 5.74) is 2.54. The van der Waals surface area contributed by atoms with Crippen molar-refractivity contribution in [2.24, 2.45) is 10.9 Å². The maximum atomic E-state index is 12.6. The summed E-state index contributed by atoms with van der Waals surface area (Å²) >= 11 is 0. The fourth-order valence-corrected chi connectivity index (χ4v) is 4.15. The number of carbonyl (C=O) groups is 2. The van der Waals surface area contributed by atoms with E-state index in [0.717, 1.165) is 24.2 Å². The van der Waals surface area contributed by atoms with Crippen LogP contribution in [0.5, 0.6) is 11.5 Å². The fraction of sp³-hybridized carbons (Fsp3) is 0.417. The van der Waals surface area contributed by atoms with Crippen molar-refractivity contribution in [2.75, 3.05) is 13.2 Å². The summed E-state index contributed by atoms with van der Waals surface area (Å²) in [7, 11) is 0. The van der Waals surface area contributed by atoms with Crippen LogP contribution in [-0.4, -0.2) is 31.4 Å². The number of ether oxygens (including phenoxy) is 3. The Labute approximate surface area is 251 Å². The third-order valence-electron chi connectivity index (χ3n) is 7.11. The Morgan fingerprint density at radius 3 is 1.93 bits per heavy atom. The average Bonchev–Trinajstić information content (AvgIpc) is 3.02. The van der Waals surface area contributed by atoms with Gasteiger partial charge in [-0.3, -0.25) is 4.99 Å². The molecular formula is C36H45NO5. The minimum absolute atomic E-state index is 0.325. The highest BCUT2D eigenvalue weighted by Crippen LogP contribution is 2.19. The molecule has 0 aliphatic heterocycles. The lowest BCUT2D eigenvalue weighted by molar-refractivity contribution is 0.0447. The van der Waals surface area contributed by atoms with Crippen molar-refractivity contribution in [3.05, 3.63) is 89.5 Å². The topological polar surface area (TPSA) is 74.2 Å². The molecule has 0 aromatic heterocycles. The van der Waals surface area contributed by atoms with Crippen molar-refractivity contribution in [1.29, 1.82) is 0 Å². The Hall–Kier alpha value is -3.93. The number of hydrogen-bond acceptors (Lipinski definition) is 6. The van der Waals surface area contributed by atoms with E-state index in [1.165, 1.54) is 44.9 Å². The van der Waals surface area contributed by atoms with Crippen LogP contribution >= 0.6 is 0 Å². The number of carbonyl (C=O) groups excluding carboxylic acids is 2. The summed E-state index contributed by atoms with van der Waals surface area (Å²) in [4.78, 5) is 29.2.